The minimum absolute atomic E-state index is 0.00875. The second-order valence-corrected chi connectivity index (χ2v) is 3.38. The Morgan fingerprint density at radius 1 is 1.42 bits per heavy atom. The molecule has 0 fully saturated rings. The molecule has 0 atom stereocenters. The van der Waals surface area contributed by atoms with Gasteiger partial charge in [-0.2, -0.15) is 0 Å². The summed E-state index contributed by atoms with van der Waals surface area (Å²) in [7, 11) is 1.20. The van der Waals surface area contributed by atoms with Crippen LogP contribution in [0.15, 0.2) is 6.20 Å². The van der Waals surface area contributed by atoms with Crippen molar-refractivity contribution in [3.05, 3.63) is 17.5 Å². The third kappa shape index (κ3) is 3.73. The van der Waals surface area contributed by atoms with Crippen molar-refractivity contribution < 1.29 is 32.2 Å². The molecule has 0 saturated carbocycles. The molecular formula is C11H12F3NO4. The molecule has 0 saturated heterocycles. The van der Waals surface area contributed by atoms with Crippen LogP contribution < -0.4 is 9.47 Å². The lowest BCUT2D eigenvalue weighted by Crippen LogP contribution is -2.21. The maximum Gasteiger partial charge on any atom is 0.573 e. The minimum Gasteiger partial charge on any atom is -0.494 e. The molecule has 0 aliphatic rings. The number of aromatic nitrogens is 1. The van der Waals surface area contributed by atoms with Gasteiger partial charge >= 0.3 is 12.3 Å². The van der Waals surface area contributed by atoms with E-state index in [-0.39, 0.29) is 18.1 Å². The van der Waals surface area contributed by atoms with E-state index in [1.807, 2.05) is 0 Å². The molecule has 0 N–H and O–H groups in total. The van der Waals surface area contributed by atoms with Crippen LogP contribution >= 0.6 is 0 Å². The number of esters is 1. The summed E-state index contributed by atoms with van der Waals surface area (Å²) < 4.78 is 50.4. The number of ether oxygens (including phenoxy) is 3. The van der Waals surface area contributed by atoms with E-state index in [2.05, 4.69) is 14.5 Å². The van der Waals surface area contributed by atoms with E-state index in [1.165, 1.54) is 21.0 Å². The lowest BCUT2D eigenvalue weighted by molar-refractivity contribution is -0.275. The molecule has 8 heteroatoms. The van der Waals surface area contributed by atoms with Crippen LogP contribution in [0.3, 0.4) is 0 Å². The highest BCUT2D eigenvalue weighted by atomic mass is 19.4. The molecule has 0 aliphatic heterocycles. The Morgan fingerprint density at radius 2 is 2.05 bits per heavy atom. The molecular weight excluding hydrogens is 267 g/mol. The fourth-order valence-electron chi connectivity index (χ4n) is 1.36. The maximum absolute atomic E-state index is 12.3. The number of pyridine rings is 1. The second-order valence-electron chi connectivity index (χ2n) is 3.38. The van der Waals surface area contributed by atoms with Crippen molar-refractivity contribution in [2.24, 2.45) is 0 Å². The Kier molecular flexibility index (Phi) is 4.57. The zero-order valence-corrected chi connectivity index (χ0v) is 10.5. The van der Waals surface area contributed by atoms with Gasteiger partial charge in [0.1, 0.15) is 5.56 Å². The normalized spacial score (nSPS) is 11.1. The number of nitrogens with zero attached hydrogens (tertiary/aromatic N) is 1. The first kappa shape index (κ1) is 15.1. The molecule has 0 aliphatic carbocycles. The number of methoxy groups -OCH3 is 1. The summed E-state index contributed by atoms with van der Waals surface area (Å²) in [5.41, 5.74) is -0.532. The van der Waals surface area contributed by atoms with Crippen LogP contribution in [0, 0.1) is 6.92 Å². The summed E-state index contributed by atoms with van der Waals surface area (Å²) in [6.45, 7) is 2.82. The van der Waals surface area contributed by atoms with Gasteiger partial charge in [-0.1, -0.05) is 0 Å². The van der Waals surface area contributed by atoms with Gasteiger partial charge in [0.15, 0.2) is 11.5 Å². The standard InChI is InChI=1S/C11H12F3NO4/c1-4-18-10(16)8-7(17-3)5-15-6(2)9(8)19-11(12,13)14/h5H,4H2,1-3H3. The molecule has 106 valence electrons. The fourth-order valence-corrected chi connectivity index (χ4v) is 1.36. The topological polar surface area (TPSA) is 57.7 Å². The average Bonchev–Trinajstić information content (AvgIpc) is 2.30. The van der Waals surface area contributed by atoms with Crippen molar-refractivity contribution in [1.82, 2.24) is 4.98 Å². The molecule has 0 bridgehead atoms. The number of rotatable bonds is 4. The molecule has 1 aromatic heterocycles. The van der Waals surface area contributed by atoms with E-state index in [9.17, 15) is 18.0 Å². The quantitative estimate of drug-likeness (QED) is 0.792. The molecule has 0 amide bonds. The van der Waals surface area contributed by atoms with E-state index in [0.717, 1.165) is 6.20 Å². The van der Waals surface area contributed by atoms with Gasteiger partial charge in [0, 0.05) is 0 Å². The molecule has 0 unspecified atom stereocenters. The molecule has 5 nitrogen and oxygen atoms in total. The summed E-state index contributed by atoms with van der Waals surface area (Å²) >= 11 is 0. The summed E-state index contributed by atoms with van der Waals surface area (Å²) in [6, 6.07) is 0. The predicted octanol–water partition coefficient (Wildman–Crippen LogP) is 2.47. The molecule has 0 spiro atoms. The third-order valence-corrected chi connectivity index (χ3v) is 2.09. The average molecular weight is 279 g/mol. The molecule has 19 heavy (non-hydrogen) atoms. The summed E-state index contributed by atoms with van der Waals surface area (Å²) in [6.07, 6.45) is -3.81. The Bertz CT molecular complexity index is 474. The van der Waals surface area contributed by atoms with E-state index in [1.54, 1.807) is 0 Å². The zero-order chi connectivity index (χ0) is 14.6. The first-order valence-electron chi connectivity index (χ1n) is 5.26. The van der Waals surface area contributed by atoms with Crippen LogP contribution in [0.5, 0.6) is 11.5 Å². The number of carbonyl (C=O) groups is 1. The highest BCUT2D eigenvalue weighted by Crippen LogP contribution is 2.34. The lowest BCUT2D eigenvalue weighted by atomic mass is 10.2. The van der Waals surface area contributed by atoms with Crippen molar-refractivity contribution in [3.8, 4) is 11.5 Å². The van der Waals surface area contributed by atoms with Crippen molar-refractivity contribution in [3.63, 3.8) is 0 Å². The minimum atomic E-state index is -4.94. The molecule has 1 rings (SSSR count). The van der Waals surface area contributed by atoms with Crippen molar-refractivity contribution in [2.45, 2.75) is 20.2 Å². The SMILES string of the molecule is CCOC(=O)c1c(OC)cnc(C)c1OC(F)(F)F. The number of halogens is 3. The van der Waals surface area contributed by atoms with Crippen LogP contribution in [-0.4, -0.2) is 31.0 Å². The van der Waals surface area contributed by atoms with E-state index in [0.29, 0.717) is 0 Å². The van der Waals surface area contributed by atoms with Crippen LogP contribution in [0.25, 0.3) is 0 Å². The van der Waals surface area contributed by atoms with Gasteiger partial charge in [-0.3, -0.25) is 4.98 Å². The van der Waals surface area contributed by atoms with Gasteiger partial charge in [0.2, 0.25) is 0 Å². The largest absolute Gasteiger partial charge is 0.573 e. The molecule has 1 heterocycles. The Labute approximate surface area is 107 Å². The summed E-state index contributed by atoms with van der Waals surface area (Å²) in [5, 5.41) is 0. The second kappa shape index (κ2) is 5.77. The third-order valence-electron chi connectivity index (χ3n) is 2.09. The fraction of sp³-hybridized carbons (Fsp3) is 0.455. The van der Waals surface area contributed by atoms with Crippen LogP contribution in [0.4, 0.5) is 13.2 Å². The van der Waals surface area contributed by atoms with Crippen LogP contribution in [0.2, 0.25) is 0 Å². The number of alkyl halides is 3. The first-order valence-corrected chi connectivity index (χ1v) is 5.26. The monoisotopic (exact) mass is 279 g/mol. The molecule has 1 aromatic rings. The van der Waals surface area contributed by atoms with Gasteiger partial charge in [-0.25, -0.2) is 4.79 Å². The Morgan fingerprint density at radius 3 is 2.53 bits per heavy atom. The highest BCUT2D eigenvalue weighted by Gasteiger charge is 2.35. The van der Waals surface area contributed by atoms with Crippen molar-refractivity contribution >= 4 is 5.97 Å². The van der Waals surface area contributed by atoms with Gasteiger partial charge in [0.05, 0.1) is 25.6 Å². The number of carbonyl (C=O) groups excluding carboxylic acids is 1. The lowest BCUT2D eigenvalue weighted by Gasteiger charge is -2.16. The van der Waals surface area contributed by atoms with Crippen LogP contribution in [0.1, 0.15) is 23.0 Å². The highest BCUT2D eigenvalue weighted by molar-refractivity contribution is 5.95. The van der Waals surface area contributed by atoms with E-state index >= 15 is 0 Å². The van der Waals surface area contributed by atoms with E-state index < -0.39 is 23.6 Å². The van der Waals surface area contributed by atoms with Gasteiger partial charge in [-0.05, 0) is 13.8 Å². The van der Waals surface area contributed by atoms with E-state index in [4.69, 9.17) is 4.74 Å². The van der Waals surface area contributed by atoms with Crippen LogP contribution in [-0.2, 0) is 4.74 Å². The first-order chi connectivity index (χ1) is 8.80. The smallest absolute Gasteiger partial charge is 0.494 e. The summed E-state index contributed by atoms with van der Waals surface area (Å²) in [5.74, 6) is -1.84. The van der Waals surface area contributed by atoms with Gasteiger partial charge in [0.25, 0.3) is 0 Å². The Balaban J connectivity index is 3.36. The summed E-state index contributed by atoms with van der Waals surface area (Å²) in [4.78, 5) is 15.4. The van der Waals surface area contributed by atoms with Gasteiger partial charge < -0.3 is 14.2 Å². The maximum atomic E-state index is 12.3. The number of hydrogen-bond donors (Lipinski definition) is 0. The number of aryl methyl sites for hydroxylation is 1. The van der Waals surface area contributed by atoms with Crippen molar-refractivity contribution in [1.29, 1.82) is 0 Å². The van der Waals surface area contributed by atoms with Gasteiger partial charge in [-0.15, -0.1) is 13.2 Å². The zero-order valence-electron chi connectivity index (χ0n) is 10.5. The predicted molar refractivity (Wildman–Crippen MR) is 58.2 cm³/mol. The number of hydrogen-bond acceptors (Lipinski definition) is 5. The molecule has 0 aromatic carbocycles. The van der Waals surface area contributed by atoms with Crippen molar-refractivity contribution in [2.75, 3.05) is 13.7 Å². The Hall–Kier alpha value is -1.99. The molecule has 0 radical (unpaired) electrons.